The van der Waals surface area contributed by atoms with Gasteiger partial charge in [-0.1, -0.05) is 73.1 Å². The van der Waals surface area contributed by atoms with Gasteiger partial charge in [-0.25, -0.2) is 0 Å². The van der Waals surface area contributed by atoms with Gasteiger partial charge in [0.05, 0.1) is 13.1 Å². The van der Waals surface area contributed by atoms with E-state index in [1.807, 2.05) is 62.4 Å². The van der Waals surface area contributed by atoms with E-state index in [1.54, 1.807) is 17.0 Å². The molecule has 32 heavy (non-hydrogen) atoms. The number of anilines is 2. The second-order valence-corrected chi connectivity index (χ2v) is 8.11. The van der Waals surface area contributed by atoms with E-state index >= 15 is 0 Å². The molecule has 0 aromatic heterocycles. The molecule has 166 valence electrons. The third kappa shape index (κ3) is 6.94. The van der Waals surface area contributed by atoms with Crippen molar-refractivity contribution in [3.8, 4) is 0 Å². The SMILES string of the molecule is CCN(CC(=O)Nc1cc(Cl)ccc1C)CC(=O)Nc1ccccc1Cc1ccccc1. The first kappa shape index (κ1) is 23.5. The molecule has 3 aromatic carbocycles. The van der Waals surface area contributed by atoms with E-state index in [9.17, 15) is 9.59 Å². The summed E-state index contributed by atoms with van der Waals surface area (Å²) in [6.07, 6.45) is 0.732. The van der Waals surface area contributed by atoms with Crippen LogP contribution in [-0.4, -0.2) is 36.3 Å². The molecule has 2 N–H and O–H groups in total. The van der Waals surface area contributed by atoms with Crippen molar-refractivity contribution in [1.82, 2.24) is 4.90 Å². The lowest BCUT2D eigenvalue weighted by Crippen LogP contribution is -2.38. The van der Waals surface area contributed by atoms with Gasteiger partial charge >= 0.3 is 0 Å². The topological polar surface area (TPSA) is 61.4 Å². The molecule has 0 atom stereocenters. The predicted octanol–water partition coefficient (Wildman–Crippen LogP) is 5.14. The van der Waals surface area contributed by atoms with Gasteiger partial charge in [0.2, 0.25) is 11.8 Å². The fraction of sp³-hybridized carbons (Fsp3) is 0.231. The molecule has 0 saturated carbocycles. The number of carbonyl (C=O) groups excluding carboxylic acids is 2. The van der Waals surface area contributed by atoms with Crippen LogP contribution >= 0.6 is 11.6 Å². The Morgan fingerprint density at radius 3 is 2.16 bits per heavy atom. The van der Waals surface area contributed by atoms with E-state index in [1.165, 1.54) is 5.56 Å². The Kier molecular flexibility index (Phi) is 8.42. The van der Waals surface area contributed by atoms with Crippen molar-refractivity contribution in [2.75, 3.05) is 30.3 Å². The maximum atomic E-state index is 12.7. The van der Waals surface area contributed by atoms with Gasteiger partial charge in [0, 0.05) is 16.4 Å². The number of likely N-dealkylation sites (N-methyl/N-ethyl adjacent to an activating group) is 1. The van der Waals surface area contributed by atoms with Crippen LogP contribution in [0.4, 0.5) is 11.4 Å². The molecule has 0 radical (unpaired) electrons. The average Bonchev–Trinajstić information content (AvgIpc) is 2.78. The maximum absolute atomic E-state index is 12.7. The minimum atomic E-state index is -0.186. The molecular weight excluding hydrogens is 422 g/mol. The first-order valence-corrected chi connectivity index (χ1v) is 11.0. The van der Waals surface area contributed by atoms with Crippen LogP contribution in [0.1, 0.15) is 23.6 Å². The molecule has 0 spiro atoms. The van der Waals surface area contributed by atoms with Crippen LogP contribution in [0.25, 0.3) is 0 Å². The third-order valence-electron chi connectivity index (χ3n) is 5.18. The van der Waals surface area contributed by atoms with Crippen molar-refractivity contribution in [3.63, 3.8) is 0 Å². The van der Waals surface area contributed by atoms with Crippen LogP contribution in [0.15, 0.2) is 72.8 Å². The third-order valence-corrected chi connectivity index (χ3v) is 5.42. The molecule has 6 heteroatoms. The number of nitrogens with zero attached hydrogens (tertiary/aromatic N) is 1. The van der Waals surface area contributed by atoms with E-state index in [4.69, 9.17) is 11.6 Å². The molecule has 2 amide bonds. The van der Waals surface area contributed by atoms with Gasteiger partial charge in [-0.2, -0.15) is 0 Å². The lowest BCUT2D eigenvalue weighted by molar-refractivity contribution is -0.119. The quantitative estimate of drug-likeness (QED) is 0.475. The zero-order chi connectivity index (χ0) is 22.9. The standard InChI is InChI=1S/C26H28ClN3O2/c1-3-30(18-26(32)29-24-16-22(27)14-13-19(24)2)17-25(31)28-23-12-8-7-11-21(23)15-20-9-5-4-6-10-20/h4-14,16H,3,15,17-18H2,1-2H3,(H,28,31)(H,29,32). The number of hydrogen-bond acceptors (Lipinski definition) is 3. The minimum absolute atomic E-state index is 0.113. The van der Waals surface area contributed by atoms with Gasteiger partial charge in [0.15, 0.2) is 0 Å². The van der Waals surface area contributed by atoms with E-state index in [2.05, 4.69) is 22.8 Å². The monoisotopic (exact) mass is 449 g/mol. The fourth-order valence-corrected chi connectivity index (χ4v) is 3.58. The Morgan fingerprint density at radius 2 is 1.47 bits per heavy atom. The number of nitrogens with one attached hydrogen (secondary N) is 2. The molecule has 0 saturated heterocycles. The molecule has 5 nitrogen and oxygen atoms in total. The Balaban J connectivity index is 1.58. The van der Waals surface area contributed by atoms with Crippen LogP contribution in [0, 0.1) is 6.92 Å². The second-order valence-electron chi connectivity index (χ2n) is 7.68. The zero-order valence-electron chi connectivity index (χ0n) is 18.4. The van der Waals surface area contributed by atoms with E-state index in [0.29, 0.717) is 17.3 Å². The molecule has 0 unspecified atom stereocenters. The van der Waals surface area contributed by atoms with Crippen molar-refractivity contribution in [1.29, 1.82) is 0 Å². The highest BCUT2D eigenvalue weighted by Gasteiger charge is 2.15. The summed E-state index contributed by atoms with van der Waals surface area (Å²) in [5, 5.41) is 6.45. The molecule has 0 fully saturated rings. The average molecular weight is 450 g/mol. The molecule has 3 aromatic rings. The molecule has 0 aliphatic carbocycles. The number of hydrogen-bond donors (Lipinski definition) is 2. The van der Waals surface area contributed by atoms with Gasteiger partial charge in [0.25, 0.3) is 0 Å². The number of benzene rings is 3. The summed E-state index contributed by atoms with van der Waals surface area (Å²) in [6, 6.07) is 23.3. The van der Waals surface area contributed by atoms with Gasteiger partial charge < -0.3 is 10.6 Å². The Morgan fingerprint density at radius 1 is 0.844 bits per heavy atom. The Bertz CT molecular complexity index is 1070. The van der Waals surface area contributed by atoms with Gasteiger partial charge in [-0.3, -0.25) is 14.5 Å². The molecule has 0 heterocycles. The summed E-state index contributed by atoms with van der Waals surface area (Å²) < 4.78 is 0. The van der Waals surface area contributed by atoms with Gasteiger partial charge in [0.1, 0.15) is 0 Å². The van der Waals surface area contributed by atoms with Crippen LogP contribution in [0.3, 0.4) is 0 Å². The molecule has 0 aliphatic rings. The summed E-state index contributed by atoms with van der Waals surface area (Å²) in [7, 11) is 0. The number of rotatable bonds is 9. The highest BCUT2D eigenvalue weighted by atomic mass is 35.5. The predicted molar refractivity (Wildman–Crippen MR) is 131 cm³/mol. The lowest BCUT2D eigenvalue weighted by atomic mass is 10.0. The Labute approximate surface area is 194 Å². The molecule has 0 aliphatic heterocycles. The normalized spacial score (nSPS) is 10.8. The number of aryl methyl sites for hydroxylation is 1. The maximum Gasteiger partial charge on any atom is 0.238 e. The summed E-state index contributed by atoms with van der Waals surface area (Å²) in [5.41, 5.74) is 4.62. The van der Waals surface area contributed by atoms with Crippen LogP contribution in [0.5, 0.6) is 0 Å². The molecular formula is C26H28ClN3O2. The number of amides is 2. The summed E-state index contributed by atoms with van der Waals surface area (Å²) >= 11 is 6.03. The summed E-state index contributed by atoms with van der Waals surface area (Å²) in [4.78, 5) is 27.0. The summed E-state index contributed by atoms with van der Waals surface area (Å²) in [5.74, 6) is -0.339. The first-order chi connectivity index (χ1) is 15.4. The number of halogens is 1. The summed E-state index contributed by atoms with van der Waals surface area (Å²) in [6.45, 7) is 4.64. The Hall–Kier alpha value is -3.15. The first-order valence-electron chi connectivity index (χ1n) is 10.6. The number of carbonyl (C=O) groups is 2. The van der Waals surface area contributed by atoms with Crippen molar-refractivity contribution in [2.24, 2.45) is 0 Å². The van der Waals surface area contributed by atoms with Crippen molar-refractivity contribution < 1.29 is 9.59 Å². The molecule has 0 bridgehead atoms. The van der Waals surface area contributed by atoms with Gasteiger partial charge in [-0.15, -0.1) is 0 Å². The van der Waals surface area contributed by atoms with Crippen LogP contribution in [-0.2, 0) is 16.0 Å². The highest BCUT2D eigenvalue weighted by Crippen LogP contribution is 2.21. The van der Waals surface area contributed by atoms with E-state index in [-0.39, 0.29) is 24.9 Å². The fourth-order valence-electron chi connectivity index (χ4n) is 3.41. The smallest absolute Gasteiger partial charge is 0.238 e. The van der Waals surface area contributed by atoms with E-state index in [0.717, 1.165) is 23.2 Å². The van der Waals surface area contributed by atoms with Crippen molar-refractivity contribution in [2.45, 2.75) is 20.3 Å². The molecule has 3 rings (SSSR count). The van der Waals surface area contributed by atoms with Crippen LogP contribution < -0.4 is 10.6 Å². The lowest BCUT2D eigenvalue weighted by Gasteiger charge is -2.20. The second kappa shape index (κ2) is 11.5. The zero-order valence-corrected chi connectivity index (χ0v) is 19.2. The highest BCUT2D eigenvalue weighted by molar-refractivity contribution is 6.31. The van der Waals surface area contributed by atoms with Crippen LogP contribution in [0.2, 0.25) is 5.02 Å². The minimum Gasteiger partial charge on any atom is -0.325 e. The van der Waals surface area contributed by atoms with E-state index < -0.39 is 0 Å². The number of para-hydroxylation sites is 1. The van der Waals surface area contributed by atoms with Gasteiger partial charge in [-0.05, 0) is 54.8 Å². The van der Waals surface area contributed by atoms with Crippen molar-refractivity contribution >= 4 is 34.8 Å². The van der Waals surface area contributed by atoms with Crippen molar-refractivity contribution in [3.05, 3.63) is 94.5 Å². The largest absolute Gasteiger partial charge is 0.325 e.